The maximum Gasteiger partial charge on any atom is 0.305 e. The van der Waals surface area contributed by atoms with Crippen LogP contribution in [-0.2, 0) is 4.79 Å². The third-order valence-electron chi connectivity index (χ3n) is 5.03. The Hall–Kier alpha value is -3.93. The fraction of sp³-hybridized carbons (Fsp3) is 0.125. The molecule has 1 aromatic heterocycles. The van der Waals surface area contributed by atoms with Crippen LogP contribution in [0.1, 0.15) is 33.9 Å². The molecule has 0 aliphatic carbocycles. The molecule has 0 aliphatic heterocycles. The van der Waals surface area contributed by atoms with Crippen LogP contribution in [0.4, 0.5) is 5.69 Å². The van der Waals surface area contributed by atoms with Crippen molar-refractivity contribution in [1.29, 1.82) is 0 Å². The van der Waals surface area contributed by atoms with Crippen LogP contribution in [0.2, 0.25) is 0 Å². The number of aliphatic carboxylic acids is 1. The Balaban J connectivity index is 1.69. The van der Waals surface area contributed by atoms with E-state index in [4.69, 9.17) is 0 Å². The molecule has 1 atom stereocenters. The minimum atomic E-state index is -0.894. The number of rotatable bonds is 6. The van der Waals surface area contributed by atoms with Gasteiger partial charge < -0.3 is 15.0 Å². The van der Waals surface area contributed by atoms with Gasteiger partial charge in [0.1, 0.15) is 0 Å². The number of nitrogens with one attached hydrogen (secondary N) is 1. The van der Waals surface area contributed by atoms with Gasteiger partial charge in [0.25, 0.3) is 5.91 Å². The Morgan fingerprint density at radius 1 is 1.03 bits per heavy atom. The van der Waals surface area contributed by atoms with Crippen LogP contribution >= 0.6 is 0 Å². The second kappa shape index (κ2) is 8.21. The van der Waals surface area contributed by atoms with E-state index in [1.165, 1.54) is 0 Å². The van der Waals surface area contributed by atoms with Gasteiger partial charge in [-0.3, -0.25) is 9.59 Å². The Kier molecular flexibility index (Phi) is 5.30. The number of carbonyl (C=O) groups excluding carboxylic acids is 1. The first-order valence-corrected chi connectivity index (χ1v) is 9.62. The number of carbonyl (C=O) groups is 2. The maximum absolute atomic E-state index is 12.6. The molecular formula is C24H21N3O3. The molecule has 6 nitrogen and oxygen atoms in total. The zero-order valence-corrected chi connectivity index (χ0v) is 16.4. The molecule has 2 N–H and O–H groups in total. The molecule has 3 aromatic carbocycles. The van der Waals surface area contributed by atoms with Crippen molar-refractivity contribution in [3.8, 4) is 0 Å². The number of carboxylic acids is 1. The zero-order chi connectivity index (χ0) is 21.1. The SMILES string of the molecule is Cc1ccc(C(=O)Nc2ccc3ncn(C(CC(=O)O)c4ccccc4)c3c2)cc1. The molecule has 150 valence electrons. The smallest absolute Gasteiger partial charge is 0.305 e. The number of fused-ring (bicyclic) bond motifs is 1. The predicted octanol–water partition coefficient (Wildman–Crippen LogP) is 4.66. The van der Waals surface area contributed by atoms with E-state index in [-0.39, 0.29) is 12.3 Å². The number of aromatic nitrogens is 2. The molecular weight excluding hydrogens is 378 g/mol. The van der Waals surface area contributed by atoms with Crippen LogP contribution in [0.3, 0.4) is 0 Å². The highest BCUT2D eigenvalue weighted by atomic mass is 16.4. The summed E-state index contributed by atoms with van der Waals surface area (Å²) in [7, 11) is 0. The zero-order valence-electron chi connectivity index (χ0n) is 16.4. The molecule has 0 aliphatic rings. The fourth-order valence-corrected chi connectivity index (χ4v) is 3.48. The van der Waals surface area contributed by atoms with Crippen molar-refractivity contribution in [3.63, 3.8) is 0 Å². The summed E-state index contributed by atoms with van der Waals surface area (Å²) in [6.45, 7) is 1.97. The highest BCUT2D eigenvalue weighted by molar-refractivity contribution is 6.05. The van der Waals surface area contributed by atoms with Crippen molar-refractivity contribution in [1.82, 2.24) is 9.55 Å². The highest BCUT2D eigenvalue weighted by Crippen LogP contribution is 2.28. The van der Waals surface area contributed by atoms with Crippen LogP contribution < -0.4 is 5.32 Å². The lowest BCUT2D eigenvalue weighted by atomic mass is 10.0. The molecule has 30 heavy (non-hydrogen) atoms. The summed E-state index contributed by atoms with van der Waals surface area (Å²) in [5.41, 5.74) is 4.65. The van der Waals surface area contributed by atoms with Gasteiger partial charge in [0.05, 0.1) is 29.8 Å². The fourth-order valence-electron chi connectivity index (χ4n) is 3.48. The highest BCUT2D eigenvalue weighted by Gasteiger charge is 2.20. The molecule has 1 amide bonds. The molecule has 1 heterocycles. The van der Waals surface area contributed by atoms with E-state index in [9.17, 15) is 14.7 Å². The number of nitrogens with zero attached hydrogens (tertiary/aromatic N) is 2. The molecule has 0 radical (unpaired) electrons. The second-order valence-corrected chi connectivity index (χ2v) is 7.20. The number of hydrogen-bond acceptors (Lipinski definition) is 3. The minimum Gasteiger partial charge on any atom is -0.481 e. The van der Waals surface area contributed by atoms with Gasteiger partial charge in [0, 0.05) is 11.3 Å². The summed E-state index contributed by atoms with van der Waals surface area (Å²) < 4.78 is 1.85. The van der Waals surface area contributed by atoms with E-state index in [0.29, 0.717) is 11.3 Å². The van der Waals surface area contributed by atoms with Gasteiger partial charge in [-0.25, -0.2) is 4.98 Å². The van der Waals surface area contributed by atoms with Gasteiger partial charge >= 0.3 is 5.97 Å². The van der Waals surface area contributed by atoms with E-state index in [0.717, 1.165) is 22.2 Å². The third kappa shape index (κ3) is 4.07. The number of hydrogen-bond donors (Lipinski definition) is 2. The van der Waals surface area contributed by atoms with Crippen molar-refractivity contribution in [2.45, 2.75) is 19.4 Å². The van der Waals surface area contributed by atoms with E-state index in [2.05, 4.69) is 10.3 Å². The van der Waals surface area contributed by atoms with Gasteiger partial charge in [0.2, 0.25) is 0 Å². The van der Waals surface area contributed by atoms with Crippen LogP contribution in [0.5, 0.6) is 0 Å². The van der Waals surface area contributed by atoms with E-state index >= 15 is 0 Å². The summed E-state index contributed by atoms with van der Waals surface area (Å²) in [5.74, 6) is -1.10. The standard InChI is InChI=1S/C24H21N3O3/c1-16-7-9-18(10-8-16)24(30)26-19-11-12-20-22(13-19)27(15-25-20)21(14-23(28)29)17-5-3-2-4-6-17/h2-13,15,21H,14H2,1H3,(H,26,30)(H,28,29). The Morgan fingerprint density at radius 3 is 2.47 bits per heavy atom. The van der Waals surface area contributed by atoms with Gasteiger partial charge in [-0.1, -0.05) is 48.0 Å². The number of aryl methyl sites for hydroxylation is 1. The van der Waals surface area contributed by atoms with Crippen molar-refractivity contribution in [2.75, 3.05) is 5.32 Å². The third-order valence-corrected chi connectivity index (χ3v) is 5.03. The number of carboxylic acid groups (broad SMARTS) is 1. The van der Waals surface area contributed by atoms with Gasteiger partial charge in [-0.15, -0.1) is 0 Å². The van der Waals surface area contributed by atoms with Gasteiger partial charge in [0.15, 0.2) is 0 Å². The lowest BCUT2D eigenvalue weighted by Gasteiger charge is -2.18. The molecule has 4 aromatic rings. The number of benzene rings is 3. The summed E-state index contributed by atoms with van der Waals surface area (Å²) >= 11 is 0. The quantitative estimate of drug-likeness (QED) is 0.494. The summed E-state index contributed by atoms with van der Waals surface area (Å²) in [6.07, 6.45) is 1.58. The van der Waals surface area contributed by atoms with Crippen molar-refractivity contribution >= 4 is 28.6 Å². The van der Waals surface area contributed by atoms with E-state index in [1.807, 2.05) is 66.1 Å². The Morgan fingerprint density at radius 2 is 1.77 bits per heavy atom. The first-order chi connectivity index (χ1) is 14.5. The van der Waals surface area contributed by atoms with Crippen LogP contribution in [0, 0.1) is 6.92 Å². The molecule has 0 saturated heterocycles. The Bertz CT molecular complexity index is 1200. The van der Waals surface area contributed by atoms with Crippen molar-refractivity contribution in [2.24, 2.45) is 0 Å². The number of amides is 1. The molecule has 4 rings (SSSR count). The normalized spacial score (nSPS) is 11.9. The van der Waals surface area contributed by atoms with E-state index in [1.54, 1.807) is 24.5 Å². The number of anilines is 1. The molecule has 1 unspecified atom stereocenters. The van der Waals surface area contributed by atoms with Crippen LogP contribution in [0.25, 0.3) is 11.0 Å². The number of imidazole rings is 1. The molecule has 0 fully saturated rings. The lowest BCUT2D eigenvalue weighted by Crippen LogP contribution is -2.15. The Labute approximate surface area is 173 Å². The van der Waals surface area contributed by atoms with Crippen molar-refractivity contribution in [3.05, 3.63) is 95.8 Å². The summed E-state index contributed by atoms with van der Waals surface area (Å²) in [5, 5.41) is 12.4. The molecule has 6 heteroatoms. The first-order valence-electron chi connectivity index (χ1n) is 9.62. The summed E-state index contributed by atoms with van der Waals surface area (Å²) in [4.78, 5) is 28.5. The maximum atomic E-state index is 12.6. The largest absolute Gasteiger partial charge is 0.481 e. The van der Waals surface area contributed by atoms with Crippen LogP contribution in [0.15, 0.2) is 79.1 Å². The molecule has 0 saturated carbocycles. The first kappa shape index (κ1) is 19.4. The average molecular weight is 399 g/mol. The molecule has 0 spiro atoms. The van der Waals surface area contributed by atoms with Crippen LogP contribution in [-0.4, -0.2) is 26.5 Å². The predicted molar refractivity (Wildman–Crippen MR) is 116 cm³/mol. The second-order valence-electron chi connectivity index (χ2n) is 7.20. The van der Waals surface area contributed by atoms with E-state index < -0.39 is 12.0 Å². The molecule has 0 bridgehead atoms. The van der Waals surface area contributed by atoms with Gasteiger partial charge in [-0.05, 0) is 42.8 Å². The monoisotopic (exact) mass is 399 g/mol. The minimum absolute atomic E-state index is 0.0740. The van der Waals surface area contributed by atoms with Gasteiger partial charge in [-0.2, -0.15) is 0 Å². The van der Waals surface area contributed by atoms with Crippen molar-refractivity contribution < 1.29 is 14.7 Å². The topological polar surface area (TPSA) is 84.2 Å². The average Bonchev–Trinajstić information content (AvgIpc) is 3.16. The summed E-state index contributed by atoms with van der Waals surface area (Å²) in [6, 6.07) is 21.9. The lowest BCUT2D eigenvalue weighted by molar-refractivity contribution is -0.137.